The molecule has 0 bridgehead atoms. The van der Waals surface area contributed by atoms with Crippen molar-refractivity contribution in [2.45, 2.75) is 0 Å². The first-order valence-corrected chi connectivity index (χ1v) is 3.67. The maximum atomic E-state index is 4.08. The number of hydrogen-bond acceptors (Lipinski definition) is 3. The molecule has 0 spiro atoms. The van der Waals surface area contributed by atoms with Crippen molar-refractivity contribution in [2.24, 2.45) is 0 Å². The summed E-state index contributed by atoms with van der Waals surface area (Å²) in [5.41, 5.74) is 0. The Morgan fingerprint density at radius 3 is 0.571 bits per heavy atom. The zero-order valence-electron chi connectivity index (χ0n) is 4.72. The summed E-state index contributed by atoms with van der Waals surface area (Å²) >= 11 is 12.2. The van der Waals surface area contributed by atoms with Crippen LogP contribution < -0.4 is 0 Å². The van der Waals surface area contributed by atoms with E-state index in [-0.39, 0.29) is 21.7 Å². The van der Waals surface area contributed by atoms with E-state index in [0.717, 1.165) is 0 Å². The van der Waals surface area contributed by atoms with Gasteiger partial charge in [0, 0.05) is 0 Å². The molecule has 0 aromatic heterocycles. The molecule has 0 fully saturated rings. The van der Waals surface area contributed by atoms with E-state index >= 15 is 0 Å². The molecule has 0 atom stereocenters. The maximum Gasteiger partial charge on any atom is 3.00 e. The Hall–Kier alpha value is 1.76. The second-order valence-electron chi connectivity index (χ2n) is 0. The minimum absolute atomic E-state index is 0. The molecule has 0 saturated heterocycles. The maximum absolute atomic E-state index is 4.08. The predicted molar refractivity (Wildman–Crippen MR) is 39.9 cm³/mol. The molecule has 1 radical (unpaired) electrons. The van der Waals surface area contributed by atoms with Crippen LogP contribution in [0.4, 0.5) is 0 Å². The second kappa shape index (κ2) is 114. The van der Waals surface area contributed by atoms with Crippen LogP contribution in [0.2, 0.25) is 0 Å². The van der Waals surface area contributed by atoms with Crippen LogP contribution in [0.15, 0.2) is 0 Å². The molecule has 0 N–H and O–H groups in total. The summed E-state index contributed by atoms with van der Waals surface area (Å²) in [6, 6.07) is 0. The van der Waals surface area contributed by atoms with Crippen LogP contribution in [0.3, 0.4) is 0 Å². The Morgan fingerprint density at radius 2 is 0.571 bits per heavy atom. The molecule has 0 amide bonds. The average molecular weight is 189 g/mol. The number of rotatable bonds is 0. The molecular weight excluding hydrogens is 180 g/mol. The molecule has 0 aliphatic rings. The van der Waals surface area contributed by atoms with Crippen LogP contribution in [0.1, 0.15) is 0 Å². The van der Waals surface area contributed by atoms with Gasteiger partial charge in [0.2, 0.25) is 0 Å². The molecule has 0 heterocycles. The van der Waals surface area contributed by atoms with Gasteiger partial charge in [-0.05, 0) is 0 Å². The monoisotopic (exact) mass is 189 g/mol. The summed E-state index contributed by atoms with van der Waals surface area (Å²) in [7, 11) is 0. The van der Waals surface area contributed by atoms with Crippen LogP contribution in [0.5, 0.6) is 0 Å². The van der Waals surface area contributed by atoms with Crippen molar-refractivity contribution >= 4 is 37.9 Å². The molecule has 0 aromatic rings. The van der Waals surface area contributed by atoms with Gasteiger partial charge in [-0.15, -0.1) is 0 Å². The van der Waals surface area contributed by atoms with Gasteiger partial charge in [0.1, 0.15) is 0 Å². The van der Waals surface area contributed by atoms with E-state index in [2.05, 4.69) is 37.9 Å². The van der Waals surface area contributed by atoms with E-state index in [1.165, 1.54) is 0 Å². The Labute approximate surface area is 78.0 Å². The minimum Gasteiger partial charge on any atom is -0.796 e. The van der Waals surface area contributed by atoms with Gasteiger partial charge in [0.05, 0.1) is 0 Å². The summed E-state index contributed by atoms with van der Waals surface area (Å²) in [6.45, 7) is 0. The molecule has 0 unspecified atom stereocenters. The first-order chi connectivity index (χ1) is 3.00. The van der Waals surface area contributed by atoms with Crippen LogP contribution in [-0.4, -0.2) is 18.8 Å². The fourth-order valence-corrected chi connectivity index (χ4v) is 0. The van der Waals surface area contributed by atoms with E-state index < -0.39 is 0 Å². The van der Waals surface area contributed by atoms with Crippen molar-refractivity contribution in [1.82, 2.24) is 0 Å². The molecule has 0 nitrogen and oxygen atoms in total. The fourth-order valence-electron chi connectivity index (χ4n) is 0. The van der Waals surface area contributed by atoms with Crippen molar-refractivity contribution in [3.05, 3.63) is 0 Å². The molecule has 7 heavy (non-hydrogen) atoms. The van der Waals surface area contributed by atoms with Crippen LogP contribution >= 0.6 is 0 Å². The Bertz CT molecular complexity index is 10.1. The number of hydrogen-bond donors (Lipinski definition) is 0. The standard InChI is InChI=1S/3CH4S.Ti/c3*1-2;/h3*2H,1H3;/q;;;+3/p-3. The van der Waals surface area contributed by atoms with Gasteiger partial charge in [0.25, 0.3) is 0 Å². The molecule has 0 aliphatic heterocycles. The molecule has 4 heteroatoms. The normalized spacial score (nSPS) is 2.57. The first kappa shape index (κ1) is 23.3. The zero-order valence-corrected chi connectivity index (χ0v) is 8.74. The Morgan fingerprint density at radius 1 is 0.571 bits per heavy atom. The van der Waals surface area contributed by atoms with Gasteiger partial charge in [-0.3, -0.25) is 0 Å². The quantitative estimate of drug-likeness (QED) is 0.402. The molecule has 0 aromatic carbocycles. The molecular formula is C3H9S3Ti. The van der Waals surface area contributed by atoms with Gasteiger partial charge in [-0.2, -0.15) is 18.8 Å². The predicted octanol–water partition coefficient (Wildman–Crippen LogP) is 0.487. The van der Waals surface area contributed by atoms with Crippen molar-refractivity contribution in [1.29, 1.82) is 0 Å². The third kappa shape index (κ3) is 82.9. The Kier molecular flexibility index (Phi) is 380. The van der Waals surface area contributed by atoms with Crippen molar-refractivity contribution in [3.63, 3.8) is 0 Å². The third-order valence-electron chi connectivity index (χ3n) is 0. The van der Waals surface area contributed by atoms with Gasteiger partial charge in [-0.25, -0.2) is 0 Å². The van der Waals surface area contributed by atoms with E-state index in [1.807, 2.05) is 0 Å². The van der Waals surface area contributed by atoms with Crippen molar-refractivity contribution < 1.29 is 21.7 Å². The summed E-state index contributed by atoms with van der Waals surface area (Å²) in [5, 5.41) is 0. The topological polar surface area (TPSA) is 0 Å². The summed E-state index contributed by atoms with van der Waals surface area (Å²) in [5.74, 6) is 0. The van der Waals surface area contributed by atoms with Crippen LogP contribution in [0, 0.1) is 0 Å². The summed E-state index contributed by atoms with van der Waals surface area (Å²) in [4.78, 5) is 0. The van der Waals surface area contributed by atoms with Gasteiger partial charge >= 0.3 is 21.7 Å². The van der Waals surface area contributed by atoms with Crippen LogP contribution in [0.25, 0.3) is 0 Å². The van der Waals surface area contributed by atoms with Crippen molar-refractivity contribution in [3.8, 4) is 0 Å². The smallest absolute Gasteiger partial charge is 0.796 e. The zero-order chi connectivity index (χ0) is 6.00. The van der Waals surface area contributed by atoms with E-state index in [0.29, 0.717) is 0 Å². The fraction of sp³-hybridized carbons (Fsp3) is 1.00. The SMILES string of the molecule is C[S-].C[S-].C[S-].[Ti+3]. The van der Waals surface area contributed by atoms with Gasteiger partial charge < -0.3 is 37.9 Å². The molecule has 0 rings (SSSR count). The van der Waals surface area contributed by atoms with Gasteiger partial charge in [-0.1, -0.05) is 0 Å². The summed E-state index contributed by atoms with van der Waals surface area (Å²) < 4.78 is 0. The Balaban J connectivity index is -0.00000000900. The molecule has 43 valence electrons. The van der Waals surface area contributed by atoms with E-state index in [4.69, 9.17) is 0 Å². The van der Waals surface area contributed by atoms with Crippen molar-refractivity contribution in [2.75, 3.05) is 18.8 Å². The second-order valence-corrected chi connectivity index (χ2v) is 0. The third-order valence-corrected chi connectivity index (χ3v) is 0. The van der Waals surface area contributed by atoms with E-state index in [9.17, 15) is 0 Å². The molecule has 0 saturated carbocycles. The summed E-state index contributed by atoms with van der Waals surface area (Å²) in [6.07, 6.45) is 4.75. The first-order valence-electron chi connectivity index (χ1n) is 1.22. The largest absolute Gasteiger partial charge is 3.00 e. The van der Waals surface area contributed by atoms with Gasteiger partial charge in [0.15, 0.2) is 0 Å². The average Bonchev–Trinajstić information content (AvgIpc) is 1.81. The van der Waals surface area contributed by atoms with E-state index in [1.54, 1.807) is 18.8 Å². The van der Waals surface area contributed by atoms with Crippen LogP contribution in [-0.2, 0) is 59.6 Å². The minimum atomic E-state index is 0. The molecule has 0 aliphatic carbocycles.